The van der Waals surface area contributed by atoms with E-state index in [1.54, 1.807) is 12.1 Å². The number of hydrogen-bond acceptors (Lipinski definition) is 3. The van der Waals surface area contributed by atoms with Gasteiger partial charge in [-0.3, -0.25) is 0 Å². The van der Waals surface area contributed by atoms with Crippen molar-refractivity contribution < 1.29 is 9.84 Å². The highest BCUT2D eigenvalue weighted by Crippen LogP contribution is 2.34. The van der Waals surface area contributed by atoms with Gasteiger partial charge in [-0.15, -0.1) is 0 Å². The van der Waals surface area contributed by atoms with Gasteiger partial charge in [-0.25, -0.2) is 0 Å². The van der Waals surface area contributed by atoms with Crippen LogP contribution in [0.4, 0.5) is 0 Å². The minimum Gasteiger partial charge on any atom is -0.494 e. The number of methoxy groups -OCH3 is 1. The normalized spacial score (nSPS) is 12.6. The van der Waals surface area contributed by atoms with E-state index < -0.39 is 6.04 Å². The summed E-state index contributed by atoms with van der Waals surface area (Å²) in [4.78, 5) is 0. The van der Waals surface area contributed by atoms with Gasteiger partial charge in [0, 0.05) is 0 Å². The van der Waals surface area contributed by atoms with E-state index in [4.69, 9.17) is 38.8 Å². The first-order valence-corrected chi connectivity index (χ1v) is 4.75. The number of halogens is 2. The molecule has 0 saturated heterocycles. The molecule has 0 saturated carbocycles. The molecule has 0 amide bonds. The first-order chi connectivity index (χ1) is 6.60. The number of ether oxygens (including phenoxy) is 1. The van der Waals surface area contributed by atoms with Gasteiger partial charge < -0.3 is 15.6 Å². The molecule has 0 bridgehead atoms. The summed E-state index contributed by atoms with van der Waals surface area (Å²) in [5, 5.41) is 9.63. The fourth-order valence-electron chi connectivity index (χ4n) is 1.09. The number of rotatable bonds is 3. The molecule has 1 atom stereocenters. The van der Waals surface area contributed by atoms with Gasteiger partial charge in [0.2, 0.25) is 0 Å². The van der Waals surface area contributed by atoms with E-state index >= 15 is 0 Å². The molecule has 0 spiro atoms. The Kier molecular flexibility index (Phi) is 4.01. The van der Waals surface area contributed by atoms with Gasteiger partial charge in [0.05, 0.1) is 29.8 Å². The van der Waals surface area contributed by atoms with Crippen molar-refractivity contribution in [3.05, 3.63) is 27.7 Å². The Hall–Kier alpha value is -0.480. The molecular formula is C9H11Cl2NO2. The van der Waals surface area contributed by atoms with Crippen LogP contribution in [0.1, 0.15) is 11.6 Å². The molecule has 0 aliphatic carbocycles. The minimum atomic E-state index is -0.476. The Balaban J connectivity index is 3.13. The number of hydrogen-bond donors (Lipinski definition) is 2. The summed E-state index contributed by atoms with van der Waals surface area (Å²) in [7, 11) is 1.48. The molecule has 5 heteroatoms. The van der Waals surface area contributed by atoms with Gasteiger partial charge in [0.15, 0.2) is 5.75 Å². The highest BCUT2D eigenvalue weighted by Gasteiger charge is 2.12. The van der Waals surface area contributed by atoms with Gasteiger partial charge in [-0.2, -0.15) is 0 Å². The average molecular weight is 236 g/mol. The van der Waals surface area contributed by atoms with Crippen molar-refractivity contribution in [2.75, 3.05) is 13.7 Å². The molecule has 0 fully saturated rings. The Labute approximate surface area is 92.4 Å². The summed E-state index contributed by atoms with van der Waals surface area (Å²) in [6.07, 6.45) is 0. The smallest absolute Gasteiger partial charge is 0.156 e. The van der Waals surface area contributed by atoms with Crippen molar-refractivity contribution in [2.24, 2.45) is 5.73 Å². The first-order valence-electron chi connectivity index (χ1n) is 3.99. The molecule has 78 valence electrons. The van der Waals surface area contributed by atoms with Gasteiger partial charge in [0.25, 0.3) is 0 Å². The second-order valence-electron chi connectivity index (χ2n) is 2.81. The maximum absolute atomic E-state index is 8.85. The van der Waals surface area contributed by atoms with Gasteiger partial charge >= 0.3 is 0 Å². The average Bonchev–Trinajstić information content (AvgIpc) is 2.16. The Morgan fingerprint density at radius 1 is 1.43 bits per heavy atom. The molecule has 0 aliphatic heterocycles. The van der Waals surface area contributed by atoms with Gasteiger partial charge in [-0.05, 0) is 17.7 Å². The summed E-state index contributed by atoms with van der Waals surface area (Å²) in [5.41, 5.74) is 6.30. The topological polar surface area (TPSA) is 55.5 Å². The van der Waals surface area contributed by atoms with Gasteiger partial charge in [0.1, 0.15) is 0 Å². The van der Waals surface area contributed by atoms with Crippen molar-refractivity contribution in [3.8, 4) is 5.75 Å². The van der Waals surface area contributed by atoms with E-state index in [9.17, 15) is 0 Å². The minimum absolute atomic E-state index is 0.154. The summed E-state index contributed by atoms with van der Waals surface area (Å²) in [6.45, 7) is -0.154. The number of aliphatic hydroxyl groups is 1. The molecule has 0 radical (unpaired) electrons. The van der Waals surface area contributed by atoms with Crippen molar-refractivity contribution in [1.82, 2.24) is 0 Å². The summed E-state index contributed by atoms with van der Waals surface area (Å²) in [5.74, 6) is 0.419. The monoisotopic (exact) mass is 235 g/mol. The maximum atomic E-state index is 8.85. The zero-order chi connectivity index (χ0) is 10.7. The summed E-state index contributed by atoms with van der Waals surface area (Å²) >= 11 is 11.8. The van der Waals surface area contributed by atoms with Crippen molar-refractivity contribution in [3.63, 3.8) is 0 Å². The van der Waals surface area contributed by atoms with Crippen LogP contribution in [-0.4, -0.2) is 18.8 Å². The van der Waals surface area contributed by atoms with Crippen LogP contribution in [0.3, 0.4) is 0 Å². The molecule has 1 unspecified atom stereocenters. The molecule has 14 heavy (non-hydrogen) atoms. The van der Waals surface area contributed by atoms with Crippen LogP contribution in [0.25, 0.3) is 0 Å². The van der Waals surface area contributed by atoms with Crippen molar-refractivity contribution >= 4 is 23.2 Å². The lowest BCUT2D eigenvalue weighted by molar-refractivity contribution is 0.268. The van der Waals surface area contributed by atoms with Crippen LogP contribution in [0.5, 0.6) is 5.75 Å². The van der Waals surface area contributed by atoms with Crippen LogP contribution in [0.15, 0.2) is 12.1 Å². The quantitative estimate of drug-likeness (QED) is 0.843. The maximum Gasteiger partial charge on any atom is 0.156 e. The van der Waals surface area contributed by atoms with Crippen molar-refractivity contribution in [1.29, 1.82) is 0 Å². The second kappa shape index (κ2) is 4.84. The second-order valence-corrected chi connectivity index (χ2v) is 3.62. The lowest BCUT2D eigenvalue weighted by Gasteiger charge is -2.12. The van der Waals surface area contributed by atoms with E-state index in [1.165, 1.54) is 7.11 Å². The fourth-order valence-corrected chi connectivity index (χ4v) is 1.75. The van der Waals surface area contributed by atoms with Crippen LogP contribution in [0.2, 0.25) is 10.0 Å². The zero-order valence-electron chi connectivity index (χ0n) is 7.63. The molecular weight excluding hydrogens is 225 g/mol. The number of benzene rings is 1. The van der Waals surface area contributed by atoms with E-state index in [0.717, 1.165) is 0 Å². The van der Waals surface area contributed by atoms with Crippen LogP contribution in [0, 0.1) is 0 Å². The van der Waals surface area contributed by atoms with Crippen molar-refractivity contribution in [2.45, 2.75) is 6.04 Å². The van der Waals surface area contributed by atoms with Crippen LogP contribution in [-0.2, 0) is 0 Å². The molecule has 0 heterocycles. The highest BCUT2D eigenvalue weighted by molar-refractivity contribution is 6.37. The lowest BCUT2D eigenvalue weighted by Crippen LogP contribution is -2.14. The van der Waals surface area contributed by atoms with E-state index in [1.807, 2.05) is 0 Å². The molecule has 3 N–H and O–H groups in total. The molecule has 1 rings (SSSR count). The predicted octanol–water partition coefficient (Wildman–Crippen LogP) is 1.99. The van der Waals surface area contributed by atoms with E-state index in [0.29, 0.717) is 21.4 Å². The Morgan fingerprint density at radius 2 is 1.93 bits per heavy atom. The summed E-state index contributed by atoms with van der Waals surface area (Å²) in [6, 6.07) is 2.79. The van der Waals surface area contributed by atoms with E-state index in [2.05, 4.69) is 0 Å². The third-order valence-corrected chi connectivity index (χ3v) is 2.41. The Bertz CT molecular complexity index is 308. The lowest BCUT2D eigenvalue weighted by atomic mass is 10.1. The third kappa shape index (κ3) is 2.30. The highest BCUT2D eigenvalue weighted by atomic mass is 35.5. The SMILES string of the molecule is COc1c(Cl)cc(C(N)CO)cc1Cl. The molecule has 0 aromatic heterocycles. The van der Waals surface area contributed by atoms with Gasteiger partial charge in [-0.1, -0.05) is 23.2 Å². The van der Waals surface area contributed by atoms with Crippen LogP contribution >= 0.6 is 23.2 Å². The van der Waals surface area contributed by atoms with Crippen LogP contribution < -0.4 is 10.5 Å². The number of nitrogens with two attached hydrogens (primary N) is 1. The molecule has 3 nitrogen and oxygen atoms in total. The number of aliphatic hydroxyl groups excluding tert-OH is 1. The largest absolute Gasteiger partial charge is 0.494 e. The summed E-state index contributed by atoms with van der Waals surface area (Å²) < 4.78 is 4.98. The molecule has 0 aliphatic rings. The first kappa shape index (κ1) is 11.6. The molecule has 1 aromatic rings. The molecule has 1 aromatic carbocycles. The predicted molar refractivity (Wildman–Crippen MR) is 57.0 cm³/mol. The third-order valence-electron chi connectivity index (χ3n) is 1.85. The fraction of sp³-hybridized carbons (Fsp3) is 0.333. The Morgan fingerprint density at radius 3 is 2.29 bits per heavy atom. The van der Waals surface area contributed by atoms with E-state index in [-0.39, 0.29) is 6.61 Å². The zero-order valence-corrected chi connectivity index (χ0v) is 9.14. The standard InChI is InChI=1S/C9H11Cl2NO2/c1-14-9-6(10)2-5(3-7(9)11)8(12)4-13/h2-3,8,13H,4,12H2,1H3.